The quantitative estimate of drug-likeness (QED) is 0.705. The number of nitrogens with one attached hydrogen (secondary N) is 1. The highest BCUT2D eigenvalue weighted by Crippen LogP contribution is 2.42. The molecule has 94 valence electrons. The van der Waals surface area contributed by atoms with Gasteiger partial charge in [-0.15, -0.1) is 0 Å². The maximum absolute atomic E-state index is 6.21. The molecule has 16 heavy (non-hydrogen) atoms. The van der Waals surface area contributed by atoms with Crippen LogP contribution in [-0.2, 0) is 9.47 Å². The largest absolute Gasteiger partial charge is 0.380 e. The van der Waals surface area contributed by atoms with Gasteiger partial charge in [-0.3, -0.25) is 0 Å². The number of hydrogen-bond acceptors (Lipinski definition) is 3. The van der Waals surface area contributed by atoms with E-state index < -0.39 is 0 Å². The second-order valence-electron chi connectivity index (χ2n) is 5.07. The molecular formula is C13H25NO2. The molecule has 3 heteroatoms. The second-order valence-corrected chi connectivity index (χ2v) is 5.07. The van der Waals surface area contributed by atoms with Crippen molar-refractivity contribution in [1.29, 1.82) is 0 Å². The van der Waals surface area contributed by atoms with E-state index in [1.165, 1.54) is 38.5 Å². The fraction of sp³-hybridized carbons (Fsp3) is 1.00. The Bertz CT molecular complexity index is 202. The van der Waals surface area contributed by atoms with Crippen molar-refractivity contribution in [1.82, 2.24) is 5.32 Å². The Hall–Kier alpha value is -0.120. The molecule has 0 aromatic heterocycles. The second kappa shape index (κ2) is 5.99. The van der Waals surface area contributed by atoms with Gasteiger partial charge in [0.05, 0.1) is 18.3 Å². The molecule has 0 aromatic carbocycles. The van der Waals surface area contributed by atoms with E-state index in [0.717, 1.165) is 26.3 Å². The van der Waals surface area contributed by atoms with E-state index in [1.54, 1.807) is 0 Å². The summed E-state index contributed by atoms with van der Waals surface area (Å²) in [6.07, 6.45) is 8.28. The number of rotatable bonds is 6. The Morgan fingerprint density at radius 1 is 1.31 bits per heavy atom. The van der Waals surface area contributed by atoms with Crippen molar-refractivity contribution in [2.45, 2.75) is 57.2 Å². The SMILES string of the molecule is CCOCCNCC1CCC2(CCCC2)O1. The van der Waals surface area contributed by atoms with E-state index in [0.29, 0.717) is 6.10 Å². The Morgan fingerprint density at radius 3 is 2.88 bits per heavy atom. The summed E-state index contributed by atoms with van der Waals surface area (Å²) in [7, 11) is 0. The van der Waals surface area contributed by atoms with E-state index >= 15 is 0 Å². The number of ether oxygens (including phenoxy) is 2. The fourth-order valence-corrected chi connectivity index (χ4v) is 2.98. The smallest absolute Gasteiger partial charge is 0.0708 e. The zero-order valence-electron chi connectivity index (χ0n) is 10.5. The van der Waals surface area contributed by atoms with Crippen LogP contribution in [0.3, 0.4) is 0 Å². The van der Waals surface area contributed by atoms with Crippen LogP contribution < -0.4 is 5.32 Å². The topological polar surface area (TPSA) is 30.5 Å². The van der Waals surface area contributed by atoms with E-state index in [1.807, 2.05) is 6.92 Å². The lowest BCUT2D eigenvalue weighted by Crippen LogP contribution is -2.32. The third-order valence-electron chi connectivity index (χ3n) is 3.85. The first-order chi connectivity index (χ1) is 7.85. The molecule has 0 bridgehead atoms. The molecule has 2 aliphatic rings. The fourth-order valence-electron chi connectivity index (χ4n) is 2.98. The van der Waals surface area contributed by atoms with Crippen molar-refractivity contribution < 1.29 is 9.47 Å². The van der Waals surface area contributed by atoms with Crippen LogP contribution in [0.4, 0.5) is 0 Å². The van der Waals surface area contributed by atoms with Crippen LogP contribution >= 0.6 is 0 Å². The molecule has 1 spiro atoms. The molecule has 0 radical (unpaired) electrons. The van der Waals surface area contributed by atoms with Crippen molar-refractivity contribution >= 4 is 0 Å². The Balaban J connectivity index is 1.58. The first-order valence-corrected chi connectivity index (χ1v) is 6.81. The maximum Gasteiger partial charge on any atom is 0.0708 e. The zero-order chi connectivity index (χ0) is 11.3. The summed E-state index contributed by atoms with van der Waals surface area (Å²) in [4.78, 5) is 0. The molecule has 1 unspecified atom stereocenters. The van der Waals surface area contributed by atoms with Gasteiger partial charge in [0, 0.05) is 19.7 Å². The highest BCUT2D eigenvalue weighted by molar-refractivity contribution is 4.93. The van der Waals surface area contributed by atoms with Gasteiger partial charge in [-0.05, 0) is 32.6 Å². The van der Waals surface area contributed by atoms with Gasteiger partial charge in [0.15, 0.2) is 0 Å². The van der Waals surface area contributed by atoms with Crippen LogP contribution in [0.5, 0.6) is 0 Å². The lowest BCUT2D eigenvalue weighted by molar-refractivity contribution is -0.0354. The molecule has 1 aliphatic heterocycles. The molecule has 1 aliphatic carbocycles. The Labute approximate surface area is 98.9 Å². The summed E-state index contributed by atoms with van der Waals surface area (Å²) in [6, 6.07) is 0. The van der Waals surface area contributed by atoms with E-state index in [9.17, 15) is 0 Å². The Morgan fingerprint density at radius 2 is 2.12 bits per heavy atom. The van der Waals surface area contributed by atoms with Crippen molar-refractivity contribution in [3.63, 3.8) is 0 Å². The molecule has 2 fully saturated rings. The maximum atomic E-state index is 6.21. The van der Waals surface area contributed by atoms with Gasteiger partial charge >= 0.3 is 0 Å². The monoisotopic (exact) mass is 227 g/mol. The Kier molecular flexibility index (Phi) is 4.62. The van der Waals surface area contributed by atoms with Crippen LogP contribution in [0.25, 0.3) is 0 Å². The lowest BCUT2D eigenvalue weighted by atomic mass is 9.98. The minimum atomic E-state index is 0.284. The molecule has 2 rings (SSSR count). The van der Waals surface area contributed by atoms with Crippen LogP contribution in [0, 0.1) is 0 Å². The molecule has 0 amide bonds. The first kappa shape index (κ1) is 12.3. The van der Waals surface area contributed by atoms with Gasteiger partial charge in [0.25, 0.3) is 0 Å². The van der Waals surface area contributed by atoms with Gasteiger partial charge in [0.2, 0.25) is 0 Å². The summed E-state index contributed by atoms with van der Waals surface area (Å²) in [6.45, 7) is 5.60. The van der Waals surface area contributed by atoms with E-state index in [4.69, 9.17) is 9.47 Å². The highest BCUT2D eigenvalue weighted by atomic mass is 16.5. The minimum absolute atomic E-state index is 0.284. The highest BCUT2D eigenvalue weighted by Gasteiger charge is 2.41. The van der Waals surface area contributed by atoms with Crippen LogP contribution in [0.2, 0.25) is 0 Å². The molecule has 3 nitrogen and oxygen atoms in total. The first-order valence-electron chi connectivity index (χ1n) is 6.81. The average molecular weight is 227 g/mol. The summed E-state index contributed by atoms with van der Waals surface area (Å²) in [5.74, 6) is 0. The van der Waals surface area contributed by atoms with Crippen molar-refractivity contribution in [3.8, 4) is 0 Å². The molecule has 1 atom stereocenters. The van der Waals surface area contributed by atoms with Gasteiger partial charge in [-0.1, -0.05) is 12.8 Å². The van der Waals surface area contributed by atoms with Gasteiger partial charge in [-0.25, -0.2) is 0 Å². The molecule has 0 aromatic rings. The third-order valence-corrected chi connectivity index (χ3v) is 3.85. The predicted octanol–water partition coefficient (Wildman–Crippen LogP) is 2.10. The normalized spacial score (nSPS) is 27.9. The van der Waals surface area contributed by atoms with Gasteiger partial charge in [0.1, 0.15) is 0 Å². The molecule has 1 heterocycles. The van der Waals surface area contributed by atoms with Gasteiger partial charge in [-0.2, -0.15) is 0 Å². The van der Waals surface area contributed by atoms with E-state index in [2.05, 4.69) is 5.32 Å². The average Bonchev–Trinajstić information content (AvgIpc) is 2.90. The third kappa shape index (κ3) is 3.19. The van der Waals surface area contributed by atoms with Crippen molar-refractivity contribution in [2.75, 3.05) is 26.3 Å². The molecule has 1 N–H and O–H groups in total. The summed E-state index contributed by atoms with van der Waals surface area (Å²) < 4.78 is 11.5. The van der Waals surface area contributed by atoms with Crippen LogP contribution in [-0.4, -0.2) is 38.0 Å². The summed E-state index contributed by atoms with van der Waals surface area (Å²) >= 11 is 0. The molecule has 1 saturated heterocycles. The van der Waals surface area contributed by atoms with Crippen LogP contribution in [0.15, 0.2) is 0 Å². The summed E-state index contributed by atoms with van der Waals surface area (Å²) in [5, 5.41) is 3.42. The van der Waals surface area contributed by atoms with Crippen molar-refractivity contribution in [2.24, 2.45) is 0 Å². The van der Waals surface area contributed by atoms with Crippen LogP contribution in [0.1, 0.15) is 45.4 Å². The summed E-state index contributed by atoms with van der Waals surface area (Å²) in [5.41, 5.74) is 0.284. The van der Waals surface area contributed by atoms with E-state index in [-0.39, 0.29) is 5.60 Å². The predicted molar refractivity (Wildman–Crippen MR) is 64.7 cm³/mol. The standard InChI is InChI=1S/C13H25NO2/c1-2-15-10-9-14-11-12-5-8-13(16-12)6-3-4-7-13/h12,14H,2-11H2,1H3. The zero-order valence-corrected chi connectivity index (χ0v) is 10.5. The molecule has 1 saturated carbocycles. The van der Waals surface area contributed by atoms with Gasteiger partial charge < -0.3 is 14.8 Å². The lowest BCUT2D eigenvalue weighted by Gasteiger charge is -2.23. The minimum Gasteiger partial charge on any atom is -0.380 e. The number of hydrogen-bond donors (Lipinski definition) is 1. The van der Waals surface area contributed by atoms with Crippen molar-refractivity contribution in [3.05, 3.63) is 0 Å². The molecular weight excluding hydrogens is 202 g/mol.